The minimum Gasteiger partial charge on any atom is -0.395 e. The number of carbonyl (C=O) groups excluding carboxylic acids is 1. The highest BCUT2D eigenvalue weighted by Gasteiger charge is 2.17. The van der Waals surface area contributed by atoms with Crippen molar-refractivity contribution in [1.82, 2.24) is 0 Å². The lowest BCUT2D eigenvalue weighted by atomic mass is 10.3. The number of benzene rings is 1. The second-order valence-electron chi connectivity index (χ2n) is 4.60. The highest BCUT2D eigenvalue weighted by atomic mass is 32.1. The molecule has 0 unspecified atom stereocenters. The predicted octanol–water partition coefficient (Wildman–Crippen LogP) is 0.595. The van der Waals surface area contributed by atoms with Crippen molar-refractivity contribution in [1.29, 1.82) is 0 Å². The third-order valence-corrected chi connectivity index (χ3v) is 3.99. The molecule has 0 atom stereocenters. The van der Waals surface area contributed by atoms with Crippen molar-refractivity contribution in [2.75, 3.05) is 24.7 Å². The first-order chi connectivity index (χ1) is 10.7. The van der Waals surface area contributed by atoms with Crippen LogP contribution in [0.25, 0.3) is 0 Å². The zero-order valence-electron chi connectivity index (χ0n) is 12.4. The smallest absolute Gasteiger partial charge is 0.272 e. The molecule has 1 aromatic heterocycles. The molecule has 0 saturated heterocycles. The highest BCUT2D eigenvalue weighted by Crippen LogP contribution is 2.12. The van der Waals surface area contributed by atoms with Gasteiger partial charge in [0.25, 0.3) is 5.91 Å². The van der Waals surface area contributed by atoms with Crippen LogP contribution in [0.2, 0.25) is 0 Å². The summed E-state index contributed by atoms with van der Waals surface area (Å²) >= 11 is 1.59. The molecular formula is C16H19N2O3S+. The van der Waals surface area contributed by atoms with E-state index in [1.165, 1.54) is 4.90 Å². The number of thiophene rings is 1. The van der Waals surface area contributed by atoms with Gasteiger partial charge in [0, 0.05) is 19.2 Å². The van der Waals surface area contributed by atoms with Crippen LogP contribution in [0.5, 0.6) is 0 Å². The summed E-state index contributed by atoms with van der Waals surface area (Å²) in [5.41, 5.74) is 1.60. The first-order valence-corrected chi connectivity index (χ1v) is 7.82. The fourth-order valence-electron chi connectivity index (χ4n) is 1.93. The second-order valence-corrected chi connectivity index (χ2v) is 5.55. The van der Waals surface area contributed by atoms with E-state index in [1.54, 1.807) is 11.3 Å². The van der Waals surface area contributed by atoms with E-state index in [2.05, 4.69) is 5.16 Å². The number of hydrogen-bond donors (Lipinski definition) is 2. The number of nitrogens with zero attached hydrogens (tertiary/aromatic N) is 1. The second kappa shape index (κ2) is 8.31. The Balaban J connectivity index is 1.96. The van der Waals surface area contributed by atoms with Gasteiger partial charge >= 0.3 is 0 Å². The fraction of sp³-hybridized carbons (Fsp3) is 0.250. The summed E-state index contributed by atoms with van der Waals surface area (Å²) in [6.45, 7) is 1.91. The van der Waals surface area contributed by atoms with Crippen LogP contribution in [-0.4, -0.2) is 36.5 Å². The van der Waals surface area contributed by atoms with Crippen LogP contribution in [0.15, 0.2) is 47.8 Å². The molecule has 0 saturated carbocycles. The molecule has 1 aromatic carbocycles. The number of nitrogens with one attached hydrogen (secondary N) is 1. The Morgan fingerprint density at radius 2 is 2.05 bits per heavy atom. The van der Waals surface area contributed by atoms with Gasteiger partial charge in [-0.25, -0.2) is 0 Å². The molecule has 1 heterocycles. The Labute approximate surface area is 133 Å². The first-order valence-electron chi connectivity index (χ1n) is 6.94. The van der Waals surface area contributed by atoms with Crippen molar-refractivity contribution in [2.24, 2.45) is 0 Å². The lowest BCUT2D eigenvalue weighted by Gasteiger charge is -2.20. The van der Waals surface area contributed by atoms with E-state index in [1.807, 2.05) is 54.8 Å². The number of rotatable bonds is 7. The molecule has 2 rings (SSSR count). The lowest BCUT2D eigenvalue weighted by molar-refractivity contribution is -0.749. The molecule has 6 heteroatoms. The predicted molar refractivity (Wildman–Crippen MR) is 86.9 cm³/mol. The van der Waals surface area contributed by atoms with E-state index in [0.29, 0.717) is 0 Å². The fourth-order valence-corrected chi connectivity index (χ4v) is 2.61. The van der Waals surface area contributed by atoms with Gasteiger partial charge in [0.15, 0.2) is 0 Å². The average molecular weight is 319 g/mol. The first kappa shape index (κ1) is 16.2. The molecule has 1 amide bonds. The van der Waals surface area contributed by atoms with Gasteiger partial charge in [-0.1, -0.05) is 24.3 Å². The maximum Gasteiger partial charge on any atom is 0.272 e. The molecule has 0 radical (unpaired) electrons. The number of aliphatic hydroxyl groups excluding tert-OH is 1. The van der Waals surface area contributed by atoms with E-state index in [4.69, 9.17) is 9.94 Å². The quantitative estimate of drug-likeness (QED) is 0.580. The zero-order valence-corrected chi connectivity index (χ0v) is 13.2. The molecule has 0 aliphatic carbocycles. The van der Waals surface area contributed by atoms with E-state index in [9.17, 15) is 4.79 Å². The van der Waals surface area contributed by atoms with Gasteiger partial charge in [0.2, 0.25) is 12.3 Å². The van der Waals surface area contributed by atoms with Crippen molar-refractivity contribution >= 4 is 28.6 Å². The minimum atomic E-state index is -0.216. The summed E-state index contributed by atoms with van der Waals surface area (Å²) in [6.07, 6.45) is 0. The molecular weight excluding hydrogens is 300 g/mol. The van der Waals surface area contributed by atoms with E-state index < -0.39 is 0 Å². The minimum absolute atomic E-state index is 0.103. The zero-order chi connectivity index (χ0) is 15.8. The van der Waals surface area contributed by atoms with Crippen molar-refractivity contribution < 1.29 is 19.9 Å². The lowest BCUT2D eigenvalue weighted by Crippen LogP contribution is -2.72. The Morgan fingerprint density at radius 3 is 2.68 bits per heavy atom. The Kier molecular flexibility index (Phi) is 6.12. The molecule has 2 aromatic rings. The van der Waals surface area contributed by atoms with Crippen LogP contribution < -0.4 is 10.1 Å². The number of hydrogen-bond acceptors (Lipinski definition) is 4. The molecule has 0 fully saturated rings. The highest BCUT2D eigenvalue weighted by molar-refractivity contribution is 7.12. The number of anilines is 1. The van der Waals surface area contributed by atoms with Crippen molar-refractivity contribution in [3.8, 4) is 0 Å². The summed E-state index contributed by atoms with van der Waals surface area (Å²) < 4.78 is 0. The van der Waals surface area contributed by atoms with Crippen LogP contribution in [0.1, 0.15) is 11.8 Å². The van der Waals surface area contributed by atoms with Crippen LogP contribution in [0.3, 0.4) is 0 Å². The molecule has 0 spiro atoms. The van der Waals surface area contributed by atoms with Crippen LogP contribution in [0.4, 0.5) is 5.69 Å². The van der Waals surface area contributed by atoms with Crippen LogP contribution in [0, 0.1) is 0 Å². The molecule has 0 aliphatic heterocycles. The van der Waals surface area contributed by atoms with Crippen molar-refractivity contribution in [2.45, 2.75) is 6.92 Å². The topological polar surface area (TPSA) is 63.7 Å². The number of aliphatic hydroxyl groups is 1. The number of amides is 1. The van der Waals surface area contributed by atoms with Crippen LogP contribution >= 0.6 is 11.3 Å². The van der Waals surface area contributed by atoms with E-state index in [0.717, 1.165) is 16.3 Å². The van der Waals surface area contributed by atoms with Gasteiger partial charge in [0.1, 0.15) is 0 Å². The Bertz CT molecular complexity index is 612. The van der Waals surface area contributed by atoms with E-state index >= 15 is 0 Å². The molecule has 2 N–H and O–H groups in total. The molecule has 0 aliphatic rings. The maximum atomic E-state index is 12.2. The van der Waals surface area contributed by atoms with Gasteiger partial charge in [0.05, 0.1) is 11.5 Å². The normalized spacial score (nSPS) is 11.3. The summed E-state index contributed by atoms with van der Waals surface area (Å²) in [5.74, 6) is -0.216. The summed E-state index contributed by atoms with van der Waals surface area (Å²) in [4.78, 5) is 20.1. The van der Waals surface area contributed by atoms with Gasteiger partial charge in [-0.2, -0.15) is 0 Å². The summed E-state index contributed by atoms with van der Waals surface area (Å²) in [7, 11) is 0. The number of para-hydroxylation sites is 1. The SMILES string of the molecule is CC(=[NH+]OCC(=O)N(CCO)c1ccccc1)c1cccs1. The van der Waals surface area contributed by atoms with Gasteiger partial charge in [-0.05, 0) is 28.7 Å². The molecule has 0 bridgehead atoms. The van der Waals surface area contributed by atoms with Gasteiger partial charge < -0.3 is 10.0 Å². The molecule has 5 nitrogen and oxygen atoms in total. The summed E-state index contributed by atoms with van der Waals surface area (Å²) in [6, 6.07) is 13.1. The van der Waals surface area contributed by atoms with Crippen molar-refractivity contribution in [3.05, 3.63) is 52.7 Å². The largest absolute Gasteiger partial charge is 0.395 e. The Hall–Kier alpha value is -2.18. The molecule has 22 heavy (non-hydrogen) atoms. The van der Waals surface area contributed by atoms with Crippen molar-refractivity contribution in [3.63, 3.8) is 0 Å². The monoisotopic (exact) mass is 319 g/mol. The van der Waals surface area contributed by atoms with E-state index in [-0.39, 0.29) is 25.7 Å². The standard InChI is InChI=1S/C16H18N2O3S/c1-13(15-8-5-11-22-15)17-21-12-16(20)18(9-10-19)14-6-3-2-4-7-14/h2-8,11,19H,9-10,12H2,1H3/p+1. The molecule has 116 valence electrons. The number of carbonyl (C=O) groups is 1. The Morgan fingerprint density at radius 1 is 1.27 bits per heavy atom. The third-order valence-electron chi connectivity index (χ3n) is 3.00. The summed E-state index contributed by atoms with van der Waals surface area (Å²) in [5, 5.41) is 13.9. The van der Waals surface area contributed by atoms with Gasteiger partial charge in [-0.3, -0.25) is 9.63 Å². The van der Waals surface area contributed by atoms with Crippen LogP contribution in [-0.2, 0) is 9.63 Å². The maximum absolute atomic E-state index is 12.2. The third kappa shape index (κ3) is 4.41. The average Bonchev–Trinajstić information content (AvgIpc) is 3.07. The van der Waals surface area contributed by atoms with Gasteiger partial charge in [-0.15, -0.1) is 11.3 Å².